The lowest BCUT2D eigenvalue weighted by atomic mass is 10.1. The van der Waals surface area contributed by atoms with E-state index < -0.39 is 28.5 Å². The predicted molar refractivity (Wildman–Crippen MR) is 145 cm³/mol. The molecule has 0 saturated heterocycles. The van der Waals surface area contributed by atoms with E-state index in [9.17, 15) is 18.0 Å². The molecule has 3 rings (SSSR count). The van der Waals surface area contributed by atoms with Crippen LogP contribution in [0, 0.1) is 6.92 Å². The molecule has 2 amide bonds. The maximum Gasteiger partial charge on any atom is 0.264 e. The molecule has 3 aromatic rings. The first kappa shape index (κ1) is 27.4. The van der Waals surface area contributed by atoms with Gasteiger partial charge in [0.1, 0.15) is 12.6 Å². The summed E-state index contributed by atoms with van der Waals surface area (Å²) in [5, 5.41) is 2.62. The average molecular weight is 573 g/mol. The van der Waals surface area contributed by atoms with Crippen molar-refractivity contribution in [2.24, 2.45) is 0 Å². The van der Waals surface area contributed by atoms with Gasteiger partial charge < -0.3 is 10.2 Å². The third kappa shape index (κ3) is 6.53. The molecule has 0 heterocycles. The molecule has 9 heteroatoms. The van der Waals surface area contributed by atoms with E-state index in [-0.39, 0.29) is 17.3 Å². The van der Waals surface area contributed by atoms with Gasteiger partial charge in [-0.15, -0.1) is 0 Å². The lowest BCUT2D eigenvalue weighted by Gasteiger charge is -2.33. The molecule has 0 unspecified atom stereocenters. The molecular formula is C27H30BrN3O4S. The number of nitrogens with zero attached hydrogens (tertiary/aromatic N) is 2. The number of carbonyl (C=O) groups excluding carboxylic acids is 2. The molecule has 1 N–H and O–H groups in total. The highest BCUT2D eigenvalue weighted by Gasteiger charge is 2.33. The number of nitrogens with one attached hydrogen (secondary N) is 1. The second-order valence-corrected chi connectivity index (χ2v) is 11.1. The van der Waals surface area contributed by atoms with Gasteiger partial charge in [-0.3, -0.25) is 13.9 Å². The number of carbonyl (C=O) groups is 2. The molecular weight excluding hydrogens is 542 g/mol. The second-order valence-electron chi connectivity index (χ2n) is 8.35. The van der Waals surface area contributed by atoms with E-state index >= 15 is 0 Å². The van der Waals surface area contributed by atoms with Crippen LogP contribution >= 0.6 is 15.9 Å². The summed E-state index contributed by atoms with van der Waals surface area (Å²) in [6, 6.07) is 21.7. The SMILES string of the molecule is CC[C@@H](C(=O)NC)N(Cc1ccc(C)cc1)C(=O)CN(c1cccc(Br)c1)S(=O)(=O)c1ccccc1. The van der Waals surface area contributed by atoms with Crippen LogP contribution in [0.25, 0.3) is 0 Å². The Morgan fingerprint density at radius 2 is 1.64 bits per heavy atom. The van der Waals surface area contributed by atoms with E-state index in [1.165, 1.54) is 24.1 Å². The number of benzene rings is 3. The summed E-state index contributed by atoms with van der Waals surface area (Å²) >= 11 is 3.39. The summed E-state index contributed by atoms with van der Waals surface area (Å²) in [5.74, 6) is -0.789. The monoisotopic (exact) mass is 571 g/mol. The number of halogens is 1. The van der Waals surface area contributed by atoms with Crippen LogP contribution < -0.4 is 9.62 Å². The molecule has 190 valence electrons. The molecule has 0 saturated carbocycles. The highest BCUT2D eigenvalue weighted by molar-refractivity contribution is 9.10. The largest absolute Gasteiger partial charge is 0.357 e. The fourth-order valence-electron chi connectivity index (χ4n) is 3.86. The molecule has 0 aliphatic carbocycles. The zero-order valence-corrected chi connectivity index (χ0v) is 22.9. The summed E-state index contributed by atoms with van der Waals surface area (Å²) in [5.41, 5.74) is 2.26. The van der Waals surface area contributed by atoms with Crippen molar-refractivity contribution in [2.75, 3.05) is 17.9 Å². The van der Waals surface area contributed by atoms with Gasteiger partial charge in [0, 0.05) is 18.1 Å². The molecule has 36 heavy (non-hydrogen) atoms. The minimum atomic E-state index is -4.07. The highest BCUT2D eigenvalue weighted by atomic mass is 79.9. The highest BCUT2D eigenvalue weighted by Crippen LogP contribution is 2.27. The summed E-state index contributed by atoms with van der Waals surface area (Å²) in [4.78, 5) is 28.0. The number of likely N-dealkylation sites (N-methyl/N-ethyl adjacent to an activating group) is 1. The quantitative estimate of drug-likeness (QED) is 0.388. The maximum atomic E-state index is 13.8. The molecule has 0 spiro atoms. The third-order valence-corrected chi connectivity index (χ3v) is 8.09. The molecule has 0 bridgehead atoms. The number of hydrogen-bond donors (Lipinski definition) is 1. The van der Waals surface area contributed by atoms with Gasteiger partial charge in [-0.2, -0.15) is 0 Å². The number of rotatable bonds is 10. The van der Waals surface area contributed by atoms with E-state index in [4.69, 9.17) is 0 Å². The Labute approximate surface area is 221 Å². The lowest BCUT2D eigenvalue weighted by Crippen LogP contribution is -2.51. The van der Waals surface area contributed by atoms with Gasteiger partial charge in [0.2, 0.25) is 11.8 Å². The second kappa shape index (κ2) is 12.2. The van der Waals surface area contributed by atoms with Crippen LogP contribution in [-0.4, -0.2) is 44.8 Å². The average Bonchev–Trinajstić information content (AvgIpc) is 2.88. The minimum Gasteiger partial charge on any atom is -0.357 e. The molecule has 7 nitrogen and oxygen atoms in total. The fourth-order valence-corrected chi connectivity index (χ4v) is 5.67. The number of anilines is 1. The van der Waals surface area contributed by atoms with Crippen molar-refractivity contribution < 1.29 is 18.0 Å². The Bertz CT molecular complexity index is 1300. The van der Waals surface area contributed by atoms with Crippen molar-refractivity contribution in [3.63, 3.8) is 0 Å². The van der Waals surface area contributed by atoms with Crippen molar-refractivity contribution in [1.82, 2.24) is 10.2 Å². The van der Waals surface area contributed by atoms with Gasteiger partial charge in [-0.1, -0.05) is 76.9 Å². The normalized spacial score (nSPS) is 12.0. The molecule has 3 aromatic carbocycles. The molecule has 1 atom stereocenters. The van der Waals surface area contributed by atoms with Gasteiger partial charge in [0.05, 0.1) is 10.6 Å². The Morgan fingerprint density at radius 3 is 2.22 bits per heavy atom. The lowest BCUT2D eigenvalue weighted by molar-refractivity contribution is -0.140. The van der Waals surface area contributed by atoms with E-state index in [1.807, 2.05) is 38.1 Å². The molecule has 0 aromatic heterocycles. The van der Waals surface area contributed by atoms with Crippen LogP contribution in [0.1, 0.15) is 24.5 Å². The van der Waals surface area contributed by atoms with E-state index in [1.54, 1.807) is 42.5 Å². The maximum absolute atomic E-state index is 13.8. The smallest absolute Gasteiger partial charge is 0.264 e. The summed E-state index contributed by atoms with van der Waals surface area (Å²) in [7, 11) is -2.55. The zero-order chi connectivity index (χ0) is 26.3. The topological polar surface area (TPSA) is 86.8 Å². The van der Waals surface area contributed by atoms with Crippen LogP contribution in [0.4, 0.5) is 5.69 Å². The summed E-state index contributed by atoms with van der Waals surface area (Å²) in [6.07, 6.45) is 0.375. The van der Waals surface area contributed by atoms with Gasteiger partial charge in [0.15, 0.2) is 0 Å². The summed E-state index contributed by atoms with van der Waals surface area (Å²) < 4.78 is 29.1. The Kier molecular flexibility index (Phi) is 9.28. The van der Waals surface area contributed by atoms with E-state index in [0.717, 1.165) is 15.4 Å². The molecule has 0 fully saturated rings. The van der Waals surface area contributed by atoms with Crippen molar-refractivity contribution in [1.29, 1.82) is 0 Å². The van der Waals surface area contributed by atoms with E-state index in [2.05, 4.69) is 21.2 Å². The first-order chi connectivity index (χ1) is 17.2. The Morgan fingerprint density at radius 1 is 0.972 bits per heavy atom. The van der Waals surface area contributed by atoms with Gasteiger partial charge in [-0.25, -0.2) is 8.42 Å². The minimum absolute atomic E-state index is 0.0706. The first-order valence-corrected chi connectivity index (χ1v) is 13.8. The molecule has 0 aliphatic rings. The number of aryl methyl sites for hydroxylation is 1. The van der Waals surface area contributed by atoms with Crippen LogP contribution in [0.15, 0.2) is 88.2 Å². The predicted octanol–water partition coefficient (Wildman–Crippen LogP) is 4.51. The molecule has 0 aliphatic heterocycles. The third-order valence-electron chi connectivity index (χ3n) is 5.81. The van der Waals surface area contributed by atoms with Crippen molar-refractivity contribution in [3.8, 4) is 0 Å². The van der Waals surface area contributed by atoms with Gasteiger partial charge in [0.25, 0.3) is 10.0 Å². The van der Waals surface area contributed by atoms with Crippen molar-refractivity contribution in [2.45, 2.75) is 37.8 Å². The van der Waals surface area contributed by atoms with Crippen LogP contribution in [-0.2, 0) is 26.2 Å². The van der Waals surface area contributed by atoms with Crippen LogP contribution in [0.2, 0.25) is 0 Å². The standard InChI is InChI=1S/C27H30BrN3O4S/c1-4-25(27(33)29-3)30(18-21-15-13-20(2)14-16-21)26(32)19-31(23-10-8-9-22(28)17-23)36(34,35)24-11-6-5-7-12-24/h5-17,25H,4,18-19H2,1-3H3,(H,29,33)/t25-/m0/s1. The molecule has 0 radical (unpaired) electrons. The first-order valence-electron chi connectivity index (χ1n) is 11.6. The number of amides is 2. The van der Waals surface area contributed by atoms with Crippen LogP contribution in [0.5, 0.6) is 0 Å². The van der Waals surface area contributed by atoms with Gasteiger partial charge >= 0.3 is 0 Å². The van der Waals surface area contributed by atoms with Crippen molar-refractivity contribution in [3.05, 3.63) is 94.5 Å². The van der Waals surface area contributed by atoms with Crippen LogP contribution in [0.3, 0.4) is 0 Å². The fraction of sp³-hybridized carbons (Fsp3) is 0.259. The summed E-state index contributed by atoms with van der Waals surface area (Å²) in [6.45, 7) is 3.49. The van der Waals surface area contributed by atoms with E-state index in [0.29, 0.717) is 16.6 Å². The zero-order valence-electron chi connectivity index (χ0n) is 20.5. The van der Waals surface area contributed by atoms with Gasteiger partial charge in [-0.05, 0) is 49.2 Å². The Hall–Kier alpha value is -3.17. The van der Waals surface area contributed by atoms with Crippen molar-refractivity contribution >= 4 is 43.5 Å². The number of hydrogen-bond acceptors (Lipinski definition) is 4. The number of sulfonamides is 1. The Balaban J connectivity index is 2.04.